The normalized spacial score (nSPS) is 29.4. The van der Waals surface area contributed by atoms with Crippen molar-refractivity contribution in [3.8, 4) is 0 Å². The molecule has 4 atom stereocenters. The Balaban J connectivity index is 1.55. The Labute approximate surface area is 182 Å². The Morgan fingerprint density at radius 3 is 2.61 bits per heavy atom. The number of anilines is 1. The summed E-state index contributed by atoms with van der Waals surface area (Å²) < 4.78 is 42.7. The molecule has 0 aromatic carbocycles. The van der Waals surface area contributed by atoms with Gasteiger partial charge in [-0.15, -0.1) is 0 Å². The van der Waals surface area contributed by atoms with Crippen LogP contribution in [0.25, 0.3) is 0 Å². The number of hydrogen-bond donors (Lipinski definition) is 1. The second-order valence-corrected chi connectivity index (χ2v) is 10.4. The number of aromatic nitrogens is 2. The van der Waals surface area contributed by atoms with E-state index < -0.39 is 12.2 Å². The number of halogens is 3. The zero-order valence-electron chi connectivity index (χ0n) is 18.6. The SMILES string of the molecule is CC(C)(C)[C@@H]1C[C@H](C(F)(F)F)n2nc([C@H]3CCCN(C(=O)[C@@H]4CC=CCC4)C3)cc2N1. The van der Waals surface area contributed by atoms with Crippen LogP contribution in [0, 0.1) is 11.3 Å². The minimum Gasteiger partial charge on any atom is -0.367 e. The third-order valence-corrected chi connectivity index (χ3v) is 7.02. The van der Waals surface area contributed by atoms with Crippen LogP contribution in [0.5, 0.6) is 0 Å². The number of amides is 1. The van der Waals surface area contributed by atoms with Crippen LogP contribution in [0.3, 0.4) is 0 Å². The lowest BCUT2D eigenvalue weighted by Gasteiger charge is -2.39. The number of hydrogen-bond acceptors (Lipinski definition) is 3. The highest BCUT2D eigenvalue weighted by Crippen LogP contribution is 2.44. The molecule has 1 aliphatic carbocycles. The molecule has 0 saturated carbocycles. The van der Waals surface area contributed by atoms with Crippen molar-refractivity contribution in [3.05, 3.63) is 23.9 Å². The van der Waals surface area contributed by atoms with Crippen molar-refractivity contribution >= 4 is 11.7 Å². The van der Waals surface area contributed by atoms with Crippen molar-refractivity contribution in [1.82, 2.24) is 14.7 Å². The molecule has 1 fully saturated rings. The summed E-state index contributed by atoms with van der Waals surface area (Å²) in [7, 11) is 0. The van der Waals surface area contributed by atoms with Crippen LogP contribution in [0.2, 0.25) is 0 Å². The summed E-state index contributed by atoms with van der Waals surface area (Å²) in [6.07, 6.45) is 4.08. The lowest BCUT2D eigenvalue weighted by atomic mass is 9.82. The number of carbonyl (C=O) groups is 1. The topological polar surface area (TPSA) is 50.2 Å². The van der Waals surface area contributed by atoms with E-state index in [0.29, 0.717) is 18.1 Å². The van der Waals surface area contributed by atoms with Crippen LogP contribution in [0.4, 0.5) is 19.0 Å². The van der Waals surface area contributed by atoms with Crippen LogP contribution in [0.15, 0.2) is 18.2 Å². The van der Waals surface area contributed by atoms with Gasteiger partial charge in [-0.2, -0.15) is 18.3 Å². The van der Waals surface area contributed by atoms with Crippen molar-refractivity contribution in [2.75, 3.05) is 18.4 Å². The lowest BCUT2D eigenvalue weighted by Crippen LogP contribution is -2.45. The van der Waals surface area contributed by atoms with E-state index in [-0.39, 0.29) is 35.6 Å². The molecule has 0 unspecified atom stereocenters. The van der Waals surface area contributed by atoms with E-state index >= 15 is 0 Å². The number of nitrogens with zero attached hydrogens (tertiary/aromatic N) is 3. The van der Waals surface area contributed by atoms with E-state index in [4.69, 9.17) is 0 Å². The van der Waals surface area contributed by atoms with Gasteiger partial charge in [0.2, 0.25) is 5.91 Å². The molecule has 3 aliphatic rings. The molecule has 1 amide bonds. The van der Waals surface area contributed by atoms with Gasteiger partial charge in [-0.1, -0.05) is 32.9 Å². The molecule has 3 heterocycles. The van der Waals surface area contributed by atoms with Gasteiger partial charge in [0.05, 0.1) is 5.69 Å². The first-order valence-electron chi connectivity index (χ1n) is 11.4. The zero-order chi connectivity index (χ0) is 22.4. The van der Waals surface area contributed by atoms with E-state index in [2.05, 4.69) is 22.6 Å². The fraction of sp³-hybridized carbons (Fsp3) is 0.739. The maximum Gasteiger partial charge on any atom is 0.410 e. The first kappa shape index (κ1) is 22.2. The molecule has 0 spiro atoms. The standard InChI is InChI=1S/C23H33F3N4O/c1-22(2,3)18-13-19(23(24,25)26)30-20(27-18)12-17(28-30)16-10-7-11-29(14-16)21(31)15-8-5-4-6-9-15/h4-5,12,15-16,18-19,27H,6-11,13-14H2,1-3H3/t15-,16+,18+,19-/m1/s1. The van der Waals surface area contributed by atoms with Crippen molar-refractivity contribution < 1.29 is 18.0 Å². The first-order chi connectivity index (χ1) is 14.5. The van der Waals surface area contributed by atoms with Crippen molar-refractivity contribution in [2.45, 2.75) is 83.5 Å². The third kappa shape index (κ3) is 4.62. The van der Waals surface area contributed by atoms with E-state index in [0.717, 1.165) is 43.3 Å². The third-order valence-electron chi connectivity index (χ3n) is 7.02. The average molecular weight is 439 g/mol. The first-order valence-corrected chi connectivity index (χ1v) is 11.4. The van der Waals surface area contributed by atoms with Crippen LogP contribution in [-0.4, -0.2) is 45.9 Å². The molecule has 0 bridgehead atoms. The Morgan fingerprint density at radius 2 is 1.97 bits per heavy atom. The fourth-order valence-electron chi connectivity index (χ4n) is 5.06. The largest absolute Gasteiger partial charge is 0.410 e. The summed E-state index contributed by atoms with van der Waals surface area (Å²) in [6, 6.07) is -0.143. The molecule has 31 heavy (non-hydrogen) atoms. The van der Waals surface area contributed by atoms with Gasteiger partial charge in [0.15, 0.2) is 6.04 Å². The molecule has 172 valence electrons. The molecule has 8 heteroatoms. The number of rotatable bonds is 2. The molecule has 2 aliphatic heterocycles. The Morgan fingerprint density at radius 1 is 1.19 bits per heavy atom. The monoisotopic (exact) mass is 438 g/mol. The van der Waals surface area contributed by atoms with E-state index in [1.54, 1.807) is 6.07 Å². The summed E-state index contributed by atoms with van der Waals surface area (Å²) in [5, 5.41) is 7.73. The number of fused-ring (bicyclic) bond motifs is 1. The van der Waals surface area contributed by atoms with Gasteiger partial charge in [0, 0.05) is 37.0 Å². The second-order valence-electron chi connectivity index (χ2n) is 10.4. The summed E-state index contributed by atoms with van der Waals surface area (Å²) in [5.74, 6) is 0.614. The predicted octanol–water partition coefficient (Wildman–Crippen LogP) is 5.28. The number of likely N-dealkylation sites (tertiary alicyclic amines) is 1. The number of alkyl halides is 3. The zero-order valence-corrected chi connectivity index (χ0v) is 18.6. The number of nitrogens with one attached hydrogen (secondary N) is 1. The van der Waals surface area contributed by atoms with Crippen LogP contribution >= 0.6 is 0 Å². The molecule has 1 aromatic rings. The molecular weight excluding hydrogens is 405 g/mol. The van der Waals surface area contributed by atoms with Crippen molar-refractivity contribution in [2.24, 2.45) is 11.3 Å². The highest BCUT2D eigenvalue weighted by molar-refractivity contribution is 5.79. The molecule has 1 N–H and O–H groups in total. The highest BCUT2D eigenvalue weighted by atomic mass is 19.4. The summed E-state index contributed by atoms with van der Waals surface area (Å²) in [6.45, 7) is 7.12. The van der Waals surface area contributed by atoms with E-state index in [9.17, 15) is 18.0 Å². The molecule has 5 nitrogen and oxygen atoms in total. The van der Waals surface area contributed by atoms with Gasteiger partial charge in [0.25, 0.3) is 0 Å². The lowest BCUT2D eigenvalue weighted by molar-refractivity contribution is -0.175. The maximum atomic E-state index is 13.9. The van der Waals surface area contributed by atoms with Gasteiger partial charge < -0.3 is 10.2 Å². The summed E-state index contributed by atoms with van der Waals surface area (Å²) >= 11 is 0. The second kappa shape index (κ2) is 8.17. The van der Waals surface area contributed by atoms with E-state index in [1.807, 2.05) is 25.7 Å². The van der Waals surface area contributed by atoms with Crippen LogP contribution < -0.4 is 5.32 Å². The average Bonchev–Trinajstić information content (AvgIpc) is 3.16. The Hall–Kier alpha value is -1.99. The number of piperidine rings is 1. The van der Waals surface area contributed by atoms with Gasteiger partial charge in [-0.3, -0.25) is 4.79 Å². The van der Waals surface area contributed by atoms with Gasteiger partial charge in [-0.25, -0.2) is 4.68 Å². The van der Waals surface area contributed by atoms with Crippen molar-refractivity contribution in [1.29, 1.82) is 0 Å². The minimum atomic E-state index is -4.35. The maximum absolute atomic E-state index is 13.9. The summed E-state index contributed by atoms with van der Waals surface area (Å²) in [4.78, 5) is 14.9. The fourth-order valence-corrected chi connectivity index (χ4v) is 5.06. The molecule has 0 radical (unpaired) electrons. The van der Waals surface area contributed by atoms with E-state index in [1.165, 1.54) is 0 Å². The van der Waals surface area contributed by atoms with Gasteiger partial charge in [0.1, 0.15) is 5.82 Å². The highest BCUT2D eigenvalue weighted by Gasteiger charge is 2.48. The Bertz CT molecular complexity index is 839. The quantitative estimate of drug-likeness (QED) is 0.639. The molecule has 1 saturated heterocycles. The number of carbonyl (C=O) groups excluding carboxylic acids is 1. The van der Waals surface area contributed by atoms with Crippen LogP contribution in [0.1, 0.15) is 76.9 Å². The predicted molar refractivity (Wildman–Crippen MR) is 114 cm³/mol. The molecule has 4 rings (SSSR count). The minimum absolute atomic E-state index is 0.0290. The van der Waals surface area contributed by atoms with Crippen LogP contribution in [-0.2, 0) is 4.79 Å². The smallest absolute Gasteiger partial charge is 0.367 e. The molecule has 1 aromatic heterocycles. The van der Waals surface area contributed by atoms with Gasteiger partial charge in [-0.05, 0) is 43.9 Å². The van der Waals surface area contributed by atoms with Crippen molar-refractivity contribution in [3.63, 3.8) is 0 Å². The Kier molecular flexibility index (Phi) is 5.85. The number of allylic oxidation sites excluding steroid dienone is 2. The summed E-state index contributed by atoms with van der Waals surface area (Å²) in [5.41, 5.74) is 0.356. The van der Waals surface area contributed by atoms with Gasteiger partial charge >= 0.3 is 6.18 Å². The molecular formula is C23H33F3N4O.